The lowest BCUT2D eigenvalue weighted by Gasteiger charge is -2.51. The van der Waals surface area contributed by atoms with Crippen molar-refractivity contribution in [1.82, 2.24) is 14.6 Å². The third-order valence-electron chi connectivity index (χ3n) is 8.18. The van der Waals surface area contributed by atoms with Gasteiger partial charge in [0.1, 0.15) is 5.75 Å². The van der Waals surface area contributed by atoms with Crippen LogP contribution in [0.3, 0.4) is 0 Å². The molecule has 4 aromatic rings. The number of hydrogen-bond acceptors (Lipinski definition) is 5. The van der Waals surface area contributed by atoms with Crippen LogP contribution in [0.4, 0.5) is 0 Å². The zero-order chi connectivity index (χ0) is 25.6. The van der Waals surface area contributed by atoms with Gasteiger partial charge in [-0.3, -0.25) is 9.88 Å². The van der Waals surface area contributed by atoms with E-state index in [0.717, 1.165) is 58.9 Å². The van der Waals surface area contributed by atoms with Gasteiger partial charge in [0, 0.05) is 29.6 Å². The number of aromatic nitrogens is 1. The van der Waals surface area contributed by atoms with Crippen molar-refractivity contribution < 1.29 is 13.2 Å². The Morgan fingerprint density at radius 3 is 2.73 bits per heavy atom. The number of nitrogens with zero attached hydrogens (tertiary/aromatic N) is 2. The molecule has 3 aromatic carbocycles. The first-order chi connectivity index (χ1) is 18.0. The lowest BCUT2D eigenvalue weighted by Crippen LogP contribution is -2.57. The first-order valence-electron chi connectivity index (χ1n) is 12.8. The number of methoxy groups -OCH3 is 1. The molecule has 3 aliphatic rings. The van der Waals surface area contributed by atoms with Crippen molar-refractivity contribution in [3.8, 4) is 5.75 Å². The Kier molecular flexibility index (Phi) is 6.23. The van der Waals surface area contributed by atoms with Crippen LogP contribution < -0.4 is 9.46 Å². The van der Waals surface area contributed by atoms with Crippen molar-refractivity contribution in [1.29, 1.82) is 0 Å². The number of sulfonamides is 1. The van der Waals surface area contributed by atoms with Crippen molar-refractivity contribution in [2.45, 2.75) is 29.8 Å². The molecule has 4 heterocycles. The maximum absolute atomic E-state index is 14.1. The van der Waals surface area contributed by atoms with E-state index in [1.54, 1.807) is 25.4 Å². The van der Waals surface area contributed by atoms with Crippen LogP contribution >= 0.6 is 0 Å². The van der Waals surface area contributed by atoms with Gasteiger partial charge in [0.25, 0.3) is 0 Å². The molecule has 190 valence electrons. The summed E-state index contributed by atoms with van der Waals surface area (Å²) in [4.78, 5) is 7.29. The monoisotopic (exact) mass is 513 g/mol. The summed E-state index contributed by atoms with van der Waals surface area (Å²) in [6.45, 7) is 5.92. The summed E-state index contributed by atoms with van der Waals surface area (Å²) in [5, 5.41) is 2.51. The highest BCUT2D eigenvalue weighted by molar-refractivity contribution is 7.89. The van der Waals surface area contributed by atoms with Gasteiger partial charge in [-0.15, -0.1) is 6.58 Å². The SMILES string of the molecule is C=C[C@H]1CN2CC[C@H]1C[C@@H]2C(NS(=O)(=O)c1cccc2ccccc12)c1ccnc2ccc(OC)cc12. The predicted molar refractivity (Wildman–Crippen MR) is 147 cm³/mol. The second kappa shape index (κ2) is 9.56. The third-order valence-corrected chi connectivity index (χ3v) is 9.68. The van der Waals surface area contributed by atoms with Crippen LogP contribution in [-0.2, 0) is 10.0 Å². The Hall–Kier alpha value is -3.26. The molecule has 0 spiro atoms. The minimum absolute atomic E-state index is 0.0245. The normalized spacial score (nSPS) is 24.2. The molecule has 6 nitrogen and oxygen atoms in total. The highest BCUT2D eigenvalue weighted by atomic mass is 32.2. The summed E-state index contributed by atoms with van der Waals surface area (Å²) in [5.41, 5.74) is 1.73. The van der Waals surface area contributed by atoms with Gasteiger partial charge in [0.2, 0.25) is 10.0 Å². The second-order valence-electron chi connectivity index (χ2n) is 10.1. The van der Waals surface area contributed by atoms with Crippen LogP contribution in [0, 0.1) is 11.8 Å². The highest BCUT2D eigenvalue weighted by Gasteiger charge is 2.44. The zero-order valence-electron chi connectivity index (χ0n) is 20.9. The average Bonchev–Trinajstić information content (AvgIpc) is 2.95. The van der Waals surface area contributed by atoms with Crippen LogP contribution in [0.1, 0.15) is 24.4 Å². The Morgan fingerprint density at radius 2 is 1.95 bits per heavy atom. The van der Waals surface area contributed by atoms with E-state index in [1.165, 1.54) is 0 Å². The number of rotatable bonds is 7. The molecule has 37 heavy (non-hydrogen) atoms. The molecule has 0 saturated carbocycles. The molecule has 0 aliphatic carbocycles. The standard InChI is InChI=1S/C30H31N3O3S/c1-3-20-19-33-16-14-22(20)17-28(33)30(25-13-15-31-27-12-11-23(36-2)18-26(25)27)32-37(34,35)29-10-6-8-21-7-4-5-9-24(21)29/h3-13,15,18,20,22,28,30,32H,1,14,16-17,19H2,2H3/t20-,22-,28+,30?/m0/s1. The number of pyridine rings is 1. The van der Waals surface area contributed by atoms with Crippen LogP contribution in [-0.4, -0.2) is 44.5 Å². The fraction of sp³-hybridized carbons (Fsp3) is 0.300. The molecule has 1 N–H and O–H groups in total. The number of benzene rings is 3. The van der Waals surface area contributed by atoms with Crippen LogP contribution in [0.5, 0.6) is 5.75 Å². The fourth-order valence-corrected chi connectivity index (χ4v) is 7.76. The molecule has 0 amide bonds. The van der Waals surface area contributed by atoms with Crippen LogP contribution in [0.25, 0.3) is 21.7 Å². The Balaban J connectivity index is 1.49. The minimum Gasteiger partial charge on any atom is -0.497 e. The second-order valence-corrected chi connectivity index (χ2v) is 11.8. The topological polar surface area (TPSA) is 71.5 Å². The van der Waals surface area contributed by atoms with E-state index in [1.807, 2.05) is 54.6 Å². The number of nitrogens with one attached hydrogen (secondary N) is 1. The Bertz CT molecular complexity index is 1580. The van der Waals surface area contributed by atoms with Gasteiger partial charge in [-0.05, 0) is 72.5 Å². The van der Waals surface area contributed by atoms with E-state index >= 15 is 0 Å². The van der Waals surface area contributed by atoms with Gasteiger partial charge >= 0.3 is 0 Å². The maximum Gasteiger partial charge on any atom is 0.241 e. The minimum atomic E-state index is -3.85. The molecule has 3 saturated heterocycles. The van der Waals surface area contributed by atoms with E-state index in [2.05, 4.69) is 27.3 Å². The number of hydrogen-bond donors (Lipinski definition) is 1. The lowest BCUT2D eigenvalue weighted by atomic mass is 9.73. The zero-order valence-corrected chi connectivity index (χ0v) is 21.7. The summed E-state index contributed by atoms with van der Waals surface area (Å²) in [5.74, 6) is 1.66. The molecular formula is C30H31N3O3S. The van der Waals surface area contributed by atoms with Gasteiger partial charge in [-0.2, -0.15) is 0 Å². The van der Waals surface area contributed by atoms with Crippen molar-refractivity contribution in [3.05, 3.63) is 91.1 Å². The molecule has 1 aromatic heterocycles. The summed E-state index contributed by atoms with van der Waals surface area (Å²) in [6, 6.07) is 20.3. The summed E-state index contributed by atoms with van der Waals surface area (Å²) in [7, 11) is -2.21. The molecule has 3 fully saturated rings. The lowest BCUT2D eigenvalue weighted by molar-refractivity contribution is 0.00490. The van der Waals surface area contributed by atoms with E-state index in [0.29, 0.717) is 16.7 Å². The van der Waals surface area contributed by atoms with Crippen molar-refractivity contribution in [3.63, 3.8) is 0 Å². The smallest absolute Gasteiger partial charge is 0.241 e. The number of fused-ring (bicyclic) bond motifs is 5. The number of piperidine rings is 3. The first kappa shape index (κ1) is 24.1. The van der Waals surface area contributed by atoms with Gasteiger partial charge in [0.05, 0.1) is 23.6 Å². The van der Waals surface area contributed by atoms with E-state index < -0.39 is 16.1 Å². The highest BCUT2D eigenvalue weighted by Crippen LogP contribution is 2.43. The quantitative estimate of drug-likeness (QED) is 0.339. The first-order valence-corrected chi connectivity index (χ1v) is 14.3. The van der Waals surface area contributed by atoms with Gasteiger partial charge in [-0.25, -0.2) is 13.1 Å². The van der Waals surface area contributed by atoms with Crippen molar-refractivity contribution >= 4 is 31.7 Å². The van der Waals surface area contributed by atoms with E-state index in [-0.39, 0.29) is 6.04 Å². The Morgan fingerprint density at radius 1 is 1.11 bits per heavy atom. The number of ether oxygens (including phenoxy) is 1. The molecule has 7 rings (SSSR count). The fourth-order valence-electron chi connectivity index (χ4n) is 6.28. The molecular weight excluding hydrogens is 482 g/mol. The molecule has 3 aliphatic heterocycles. The van der Waals surface area contributed by atoms with Crippen molar-refractivity contribution in [2.24, 2.45) is 11.8 Å². The van der Waals surface area contributed by atoms with Gasteiger partial charge in [0.15, 0.2) is 0 Å². The Labute approximate surface area is 218 Å². The third kappa shape index (κ3) is 4.31. The van der Waals surface area contributed by atoms with Crippen LogP contribution in [0.2, 0.25) is 0 Å². The summed E-state index contributed by atoms with van der Waals surface area (Å²) >= 11 is 0. The predicted octanol–water partition coefficient (Wildman–Crippen LogP) is 5.31. The van der Waals surface area contributed by atoms with Crippen LogP contribution in [0.15, 0.2) is 90.5 Å². The maximum atomic E-state index is 14.1. The molecule has 2 unspecified atom stereocenters. The van der Waals surface area contributed by atoms with E-state index in [4.69, 9.17) is 4.74 Å². The molecule has 5 atom stereocenters. The largest absolute Gasteiger partial charge is 0.497 e. The van der Waals surface area contributed by atoms with E-state index in [9.17, 15) is 8.42 Å². The molecule has 7 heteroatoms. The van der Waals surface area contributed by atoms with Gasteiger partial charge < -0.3 is 4.74 Å². The summed E-state index contributed by atoms with van der Waals surface area (Å²) < 4.78 is 36.8. The molecule has 2 bridgehead atoms. The average molecular weight is 514 g/mol. The molecule has 0 radical (unpaired) electrons. The van der Waals surface area contributed by atoms with Gasteiger partial charge in [-0.1, -0.05) is 42.5 Å². The summed E-state index contributed by atoms with van der Waals surface area (Å²) in [6.07, 6.45) is 5.86. The van der Waals surface area contributed by atoms with Crippen molar-refractivity contribution in [2.75, 3.05) is 20.2 Å².